The van der Waals surface area contributed by atoms with Gasteiger partial charge in [-0.05, 0) is 26.8 Å². The van der Waals surface area contributed by atoms with E-state index in [4.69, 9.17) is 0 Å². The van der Waals surface area contributed by atoms with Gasteiger partial charge in [0.2, 0.25) is 0 Å². The van der Waals surface area contributed by atoms with Gasteiger partial charge >= 0.3 is 6.61 Å². The SMILES string of the molecule is Cc1nc(C(C)NC(C)c2ccccc2OC(F)F)cs1. The van der Waals surface area contributed by atoms with E-state index in [1.165, 1.54) is 0 Å². The van der Waals surface area contributed by atoms with Gasteiger partial charge in [0.25, 0.3) is 0 Å². The van der Waals surface area contributed by atoms with Crippen LogP contribution in [0.5, 0.6) is 5.75 Å². The molecule has 2 unspecified atom stereocenters. The van der Waals surface area contributed by atoms with Crippen molar-refractivity contribution in [2.75, 3.05) is 0 Å². The monoisotopic (exact) mass is 312 g/mol. The molecule has 1 aromatic heterocycles. The fourth-order valence-electron chi connectivity index (χ4n) is 2.17. The molecule has 2 rings (SSSR count). The van der Waals surface area contributed by atoms with Crippen LogP contribution in [0.1, 0.15) is 42.2 Å². The lowest BCUT2D eigenvalue weighted by Crippen LogP contribution is -2.23. The number of alkyl halides is 2. The van der Waals surface area contributed by atoms with E-state index in [9.17, 15) is 8.78 Å². The van der Waals surface area contributed by atoms with E-state index in [2.05, 4.69) is 15.0 Å². The van der Waals surface area contributed by atoms with Crippen molar-refractivity contribution in [2.24, 2.45) is 0 Å². The van der Waals surface area contributed by atoms with Crippen LogP contribution in [0, 0.1) is 6.92 Å². The molecule has 114 valence electrons. The number of rotatable bonds is 6. The number of para-hydroxylation sites is 1. The molecule has 0 fully saturated rings. The summed E-state index contributed by atoms with van der Waals surface area (Å²) >= 11 is 1.59. The molecule has 0 radical (unpaired) electrons. The number of ether oxygens (including phenoxy) is 1. The molecule has 0 aliphatic heterocycles. The molecule has 6 heteroatoms. The lowest BCUT2D eigenvalue weighted by atomic mass is 10.1. The molecule has 0 amide bonds. The topological polar surface area (TPSA) is 34.2 Å². The van der Waals surface area contributed by atoms with Crippen molar-refractivity contribution >= 4 is 11.3 Å². The number of hydrogen-bond acceptors (Lipinski definition) is 4. The minimum absolute atomic E-state index is 0.0320. The summed E-state index contributed by atoms with van der Waals surface area (Å²) in [7, 11) is 0. The summed E-state index contributed by atoms with van der Waals surface area (Å²) in [5.74, 6) is 0.203. The maximum Gasteiger partial charge on any atom is 0.387 e. The zero-order valence-corrected chi connectivity index (χ0v) is 13.0. The molecule has 0 bridgehead atoms. The average molecular weight is 312 g/mol. The summed E-state index contributed by atoms with van der Waals surface area (Å²) in [6, 6.07) is 6.73. The minimum Gasteiger partial charge on any atom is -0.434 e. The standard InChI is InChI=1S/C15H18F2N2OS/c1-9(18-10(2)13-8-21-11(3)19-13)12-6-4-5-7-14(12)20-15(16)17/h4-10,15,18H,1-3H3. The molecule has 2 aromatic rings. The molecule has 0 saturated heterocycles. The molecule has 0 saturated carbocycles. The second-order valence-corrected chi connectivity index (χ2v) is 5.88. The van der Waals surface area contributed by atoms with E-state index >= 15 is 0 Å². The van der Waals surface area contributed by atoms with Gasteiger partial charge in [-0.3, -0.25) is 0 Å². The van der Waals surface area contributed by atoms with Crippen molar-refractivity contribution in [3.05, 3.63) is 45.9 Å². The first-order chi connectivity index (χ1) is 9.97. The number of benzene rings is 1. The van der Waals surface area contributed by atoms with Gasteiger partial charge in [0.05, 0.1) is 10.7 Å². The van der Waals surface area contributed by atoms with Gasteiger partial charge in [0.1, 0.15) is 5.75 Å². The van der Waals surface area contributed by atoms with Gasteiger partial charge in [-0.15, -0.1) is 11.3 Å². The van der Waals surface area contributed by atoms with Gasteiger partial charge in [-0.1, -0.05) is 18.2 Å². The number of nitrogens with one attached hydrogen (secondary N) is 1. The predicted octanol–water partition coefficient (Wildman–Crippen LogP) is 4.46. The minimum atomic E-state index is -2.82. The normalized spacial score (nSPS) is 14.2. The third-order valence-corrected chi connectivity index (χ3v) is 3.97. The first kappa shape index (κ1) is 15.9. The molecular formula is C15H18F2N2OS. The van der Waals surface area contributed by atoms with Crippen LogP contribution >= 0.6 is 11.3 Å². The molecule has 0 aliphatic carbocycles. The highest BCUT2D eigenvalue weighted by Crippen LogP contribution is 2.28. The number of halogens is 2. The fraction of sp³-hybridized carbons (Fsp3) is 0.400. The van der Waals surface area contributed by atoms with Gasteiger partial charge in [-0.2, -0.15) is 8.78 Å². The van der Waals surface area contributed by atoms with Crippen LogP contribution in [-0.4, -0.2) is 11.6 Å². The highest BCUT2D eigenvalue weighted by molar-refractivity contribution is 7.09. The Balaban J connectivity index is 2.11. The highest BCUT2D eigenvalue weighted by atomic mass is 32.1. The summed E-state index contributed by atoms with van der Waals surface area (Å²) in [5.41, 5.74) is 1.66. The van der Waals surface area contributed by atoms with E-state index in [-0.39, 0.29) is 17.8 Å². The van der Waals surface area contributed by atoms with Gasteiger partial charge in [0.15, 0.2) is 0 Å². The van der Waals surface area contributed by atoms with Crippen LogP contribution in [0.2, 0.25) is 0 Å². The molecular weight excluding hydrogens is 294 g/mol. The lowest BCUT2D eigenvalue weighted by molar-refractivity contribution is -0.0506. The number of nitrogens with zero attached hydrogens (tertiary/aromatic N) is 1. The van der Waals surface area contributed by atoms with Crippen LogP contribution in [0.15, 0.2) is 29.6 Å². The highest BCUT2D eigenvalue weighted by Gasteiger charge is 2.17. The van der Waals surface area contributed by atoms with Crippen molar-refractivity contribution in [3.8, 4) is 5.75 Å². The van der Waals surface area contributed by atoms with E-state index in [0.717, 1.165) is 10.7 Å². The molecule has 3 nitrogen and oxygen atoms in total. The summed E-state index contributed by atoms with van der Waals surface area (Å²) in [6.45, 7) is 3.05. The first-order valence-electron chi connectivity index (χ1n) is 6.69. The quantitative estimate of drug-likeness (QED) is 0.855. The Kier molecular flexibility index (Phi) is 5.25. The molecule has 21 heavy (non-hydrogen) atoms. The van der Waals surface area contributed by atoms with Crippen LogP contribution < -0.4 is 10.1 Å². The number of hydrogen-bond donors (Lipinski definition) is 1. The van der Waals surface area contributed by atoms with Crippen molar-refractivity contribution in [3.63, 3.8) is 0 Å². The van der Waals surface area contributed by atoms with Crippen LogP contribution in [0.4, 0.5) is 8.78 Å². The molecule has 1 heterocycles. The average Bonchev–Trinajstić information content (AvgIpc) is 2.85. The number of aryl methyl sites for hydroxylation is 1. The summed E-state index contributed by atoms with van der Waals surface area (Å²) in [4.78, 5) is 4.43. The van der Waals surface area contributed by atoms with E-state index in [0.29, 0.717) is 5.56 Å². The van der Waals surface area contributed by atoms with Crippen molar-refractivity contribution in [1.82, 2.24) is 10.3 Å². The second kappa shape index (κ2) is 6.95. The maximum atomic E-state index is 12.4. The molecule has 2 atom stereocenters. The Bertz CT molecular complexity index is 589. The zero-order valence-electron chi connectivity index (χ0n) is 12.1. The third kappa shape index (κ3) is 4.22. The van der Waals surface area contributed by atoms with Gasteiger partial charge in [-0.25, -0.2) is 4.98 Å². The molecule has 1 N–H and O–H groups in total. The van der Waals surface area contributed by atoms with E-state index < -0.39 is 6.61 Å². The Morgan fingerprint density at radius 2 is 1.90 bits per heavy atom. The van der Waals surface area contributed by atoms with E-state index in [1.807, 2.05) is 32.2 Å². The molecule has 0 spiro atoms. The second-order valence-electron chi connectivity index (χ2n) is 4.82. The smallest absolute Gasteiger partial charge is 0.387 e. The Labute approximate surface area is 127 Å². The summed E-state index contributed by atoms with van der Waals surface area (Å²) < 4.78 is 29.5. The first-order valence-corrected chi connectivity index (χ1v) is 7.57. The largest absolute Gasteiger partial charge is 0.434 e. The molecule has 1 aromatic carbocycles. The maximum absolute atomic E-state index is 12.4. The van der Waals surface area contributed by atoms with Crippen molar-refractivity contribution < 1.29 is 13.5 Å². The fourth-order valence-corrected chi connectivity index (χ4v) is 2.88. The van der Waals surface area contributed by atoms with Crippen LogP contribution in [0.3, 0.4) is 0 Å². The third-order valence-electron chi connectivity index (χ3n) is 3.18. The van der Waals surface area contributed by atoms with Crippen LogP contribution in [-0.2, 0) is 0 Å². The number of aromatic nitrogens is 1. The summed E-state index contributed by atoms with van der Waals surface area (Å²) in [5, 5.41) is 6.37. The predicted molar refractivity (Wildman–Crippen MR) is 79.9 cm³/mol. The Hall–Kier alpha value is -1.53. The Morgan fingerprint density at radius 1 is 1.19 bits per heavy atom. The zero-order chi connectivity index (χ0) is 15.4. The summed E-state index contributed by atoms with van der Waals surface area (Å²) in [6.07, 6.45) is 0. The van der Waals surface area contributed by atoms with Crippen molar-refractivity contribution in [1.29, 1.82) is 0 Å². The van der Waals surface area contributed by atoms with E-state index in [1.54, 1.807) is 29.5 Å². The van der Waals surface area contributed by atoms with Gasteiger partial charge < -0.3 is 10.1 Å². The van der Waals surface area contributed by atoms with Gasteiger partial charge in [0, 0.05) is 23.0 Å². The molecule has 0 aliphatic rings. The van der Waals surface area contributed by atoms with Crippen LogP contribution in [0.25, 0.3) is 0 Å². The van der Waals surface area contributed by atoms with Crippen molar-refractivity contribution in [2.45, 2.75) is 39.5 Å². The lowest BCUT2D eigenvalue weighted by Gasteiger charge is -2.21. The Morgan fingerprint density at radius 3 is 2.52 bits per heavy atom. The number of thiazole rings is 1.